The summed E-state index contributed by atoms with van der Waals surface area (Å²) in [6.45, 7) is 4.56. The molecule has 0 amide bonds. The zero-order chi connectivity index (χ0) is 17.2. The molecule has 0 radical (unpaired) electrons. The Hall–Kier alpha value is -1.53. The molecular weight excluding hydrogens is 354 g/mol. The molecule has 1 fully saturated rings. The first-order valence-electron chi connectivity index (χ1n) is 8.49. The van der Waals surface area contributed by atoms with E-state index in [0.29, 0.717) is 0 Å². The van der Waals surface area contributed by atoms with Gasteiger partial charge in [-0.25, -0.2) is 4.99 Å². The van der Waals surface area contributed by atoms with Crippen molar-refractivity contribution in [3.05, 3.63) is 53.1 Å². The molecule has 0 unspecified atom stereocenters. The zero-order valence-corrected chi connectivity index (χ0v) is 15.4. The van der Waals surface area contributed by atoms with Gasteiger partial charge in [0.15, 0.2) is 0 Å². The molecule has 1 N–H and O–H groups in total. The molecule has 2 heterocycles. The predicted molar refractivity (Wildman–Crippen MR) is 103 cm³/mol. The Morgan fingerprint density at radius 1 is 1.00 bits per heavy atom. The lowest BCUT2D eigenvalue weighted by molar-refractivity contribution is 0.147. The summed E-state index contributed by atoms with van der Waals surface area (Å²) in [5.74, 6) is 0.960. The van der Waals surface area contributed by atoms with Gasteiger partial charge in [0.25, 0.3) is 0 Å². The molecule has 1 saturated heterocycles. The van der Waals surface area contributed by atoms with E-state index < -0.39 is 0 Å². The van der Waals surface area contributed by atoms with Gasteiger partial charge in [-0.05, 0) is 24.3 Å². The average Bonchev–Trinajstić information content (AvgIpc) is 2.80. The minimum absolute atomic E-state index is 0.208. The molecule has 2 aliphatic rings. The van der Waals surface area contributed by atoms with Gasteiger partial charge >= 0.3 is 0 Å². The lowest BCUT2D eigenvalue weighted by Gasteiger charge is -2.36. The van der Waals surface area contributed by atoms with Crippen LogP contribution in [0.1, 0.15) is 5.56 Å². The van der Waals surface area contributed by atoms with Crippen LogP contribution in [-0.2, 0) is 0 Å². The van der Waals surface area contributed by atoms with Crippen LogP contribution in [0.5, 0.6) is 0 Å². The molecule has 6 heteroatoms. The smallest absolute Gasteiger partial charge is 0.139 e. The molecule has 0 aliphatic carbocycles. The number of aliphatic hydroxyl groups excluding tert-OH is 1. The molecular formula is C19H20ClN3OS. The Morgan fingerprint density at radius 3 is 2.56 bits per heavy atom. The SMILES string of the molecule is OCCN1CCN(C2=Nc3ccccc3Sc3cccc(Cl)c32)CC1. The van der Waals surface area contributed by atoms with E-state index in [-0.39, 0.29) is 6.61 Å². The third kappa shape index (κ3) is 3.42. The van der Waals surface area contributed by atoms with Crippen LogP contribution in [0, 0.1) is 0 Å². The lowest BCUT2D eigenvalue weighted by atomic mass is 10.1. The summed E-state index contributed by atoms with van der Waals surface area (Å²) in [5.41, 5.74) is 2.02. The fraction of sp³-hybridized carbons (Fsp3) is 0.316. The number of hydrogen-bond acceptors (Lipinski definition) is 5. The van der Waals surface area contributed by atoms with Gasteiger partial charge in [-0.3, -0.25) is 4.90 Å². The van der Waals surface area contributed by atoms with Crippen molar-refractivity contribution >= 4 is 34.9 Å². The molecule has 0 aromatic heterocycles. The Kier molecular flexibility index (Phi) is 4.99. The molecule has 4 rings (SSSR count). The lowest BCUT2D eigenvalue weighted by Crippen LogP contribution is -2.49. The standard InChI is InChI=1S/C19H20ClN3OS/c20-14-4-3-7-17-18(14)19(21-15-5-1-2-6-16(15)25-17)23-10-8-22(9-11-23)12-13-24/h1-7,24H,8-13H2. The van der Waals surface area contributed by atoms with Crippen molar-refractivity contribution in [1.82, 2.24) is 9.80 Å². The average molecular weight is 374 g/mol. The number of piperazine rings is 1. The summed E-state index contributed by atoms with van der Waals surface area (Å²) < 4.78 is 0. The molecule has 4 nitrogen and oxygen atoms in total. The molecule has 0 atom stereocenters. The third-order valence-corrected chi connectivity index (χ3v) is 6.04. The maximum Gasteiger partial charge on any atom is 0.139 e. The van der Waals surface area contributed by atoms with E-state index in [1.54, 1.807) is 11.8 Å². The van der Waals surface area contributed by atoms with Crippen LogP contribution in [0.15, 0.2) is 57.2 Å². The number of aliphatic hydroxyl groups is 1. The van der Waals surface area contributed by atoms with Gasteiger partial charge in [-0.2, -0.15) is 0 Å². The van der Waals surface area contributed by atoms with Crippen LogP contribution in [0.25, 0.3) is 0 Å². The van der Waals surface area contributed by atoms with Crippen molar-refractivity contribution in [3.63, 3.8) is 0 Å². The summed E-state index contributed by atoms with van der Waals surface area (Å²) >= 11 is 8.31. The maximum atomic E-state index is 9.15. The molecule has 0 spiro atoms. The number of benzene rings is 2. The number of fused-ring (bicyclic) bond motifs is 2. The Labute approximate surface area is 157 Å². The quantitative estimate of drug-likeness (QED) is 0.874. The van der Waals surface area contributed by atoms with Crippen molar-refractivity contribution in [1.29, 1.82) is 0 Å². The number of nitrogens with zero attached hydrogens (tertiary/aromatic N) is 3. The molecule has 25 heavy (non-hydrogen) atoms. The highest BCUT2D eigenvalue weighted by molar-refractivity contribution is 7.99. The van der Waals surface area contributed by atoms with Crippen LogP contribution in [-0.4, -0.2) is 60.1 Å². The fourth-order valence-corrected chi connectivity index (χ4v) is 4.65. The number of β-amino-alcohol motifs (C(OH)–C–C–N with tert-alkyl or cyclic N) is 1. The summed E-state index contributed by atoms with van der Waals surface area (Å²) in [4.78, 5) is 11.9. The monoisotopic (exact) mass is 373 g/mol. The fourth-order valence-electron chi connectivity index (χ4n) is 3.28. The Morgan fingerprint density at radius 2 is 1.76 bits per heavy atom. The predicted octanol–water partition coefficient (Wildman–Crippen LogP) is 3.49. The van der Waals surface area contributed by atoms with Crippen molar-refractivity contribution in [2.45, 2.75) is 9.79 Å². The maximum absolute atomic E-state index is 9.15. The second-order valence-corrected chi connectivity index (χ2v) is 7.66. The second kappa shape index (κ2) is 7.38. The molecule has 0 bridgehead atoms. The van der Waals surface area contributed by atoms with E-state index >= 15 is 0 Å². The highest BCUT2D eigenvalue weighted by atomic mass is 35.5. The van der Waals surface area contributed by atoms with Gasteiger partial charge in [0.2, 0.25) is 0 Å². The van der Waals surface area contributed by atoms with Crippen LogP contribution in [0.3, 0.4) is 0 Å². The normalized spacial score (nSPS) is 17.5. The van der Waals surface area contributed by atoms with Crippen molar-refractivity contribution in [2.75, 3.05) is 39.3 Å². The first-order valence-corrected chi connectivity index (χ1v) is 9.68. The number of rotatable bonds is 2. The minimum Gasteiger partial charge on any atom is -0.395 e. The summed E-state index contributed by atoms with van der Waals surface area (Å²) in [6.07, 6.45) is 0. The van der Waals surface area contributed by atoms with Crippen molar-refractivity contribution in [2.24, 2.45) is 4.99 Å². The van der Waals surface area contributed by atoms with Crippen molar-refractivity contribution < 1.29 is 5.11 Å². The molecule has 2 aliphatic heterocycles. The van der Waals surface area contributed by atoms with Crippen LogP contribution in [0.2, 0.25) is 5.02 Å². The highest BCUT2D eigenvalue weighted by Crippen LogP contribution is 2.42. The van der Waals surface area contributed by atoms with E-state index in [9.17, 15) is 0 Å². The number of para-hydroxylation sites is 1. The largest absolute Gasteiger partial charge is 0.395 e. The molecule has 2 aromatic rings. The molecule has 0 saturated carbocycles. The number of hydrogen-bond donors (Lipinski definition) is 1. The number of amidine groups is 1. The molecule has 130 valence electrons. The number of halogens is 1. The minimum atomic E-state index is 0.208. The van der Waals surface area contributed by atoms with Gasteiger partial charge in [0, 0.05) is 48.1 Å². The van der Waals surface area contributed by atoms with Crippen molar-refractivity contribution in [3.8, 4) is 0 Å². The van der Waals surface area contributed by atoms with E-state index in [1.807, 2.05) is 24.3 Å². The summed E-state index contributed by atoms with van der Waals surface area (Å²) in [6, 6.07) is 14.3. The highest BCUT2D eigenvalue weighted by Gasteiger charge is 2.26. The second-order valence-electron chi connectivity index (χ2n) is 6.17. The van der Waals surface area contributed by atoms with E-state index in [4.69, 9.17) is 21.7 Å². The number of aliphatic imine (C=N–C) groups is 1. The van der Waals surface area contributed by atoms with E-state index in [0.717, 1.165) is 64.6 Å². The van der Waals surface area contributed by atoms with Gasteiger partial charge in [-0.15, -0.1) is 0 Å². The Bertz CT molecular complexity index is 803. The van der Waals surface area contributed by atoms with E-state index in [2.05, 4.69) is 28.0 Å². The van der Waals surface area contributed by atoms with Crippen LogP contribution in [0.4, 0.5) is 5.69 Å². The first kappa shape index (κ1) is 16.9. The Balaban J connectivity index is 1.74. The van der Waals surface area contributed by atoms with Gasteiger partial charge in [0.05, 0.1) is 17.3 Å². The topological polar surface area (TPSA) is 39.1 Å². The third-order valence-electron chi connectivity index (χ3n) is 4.60. The van der Waals surface area contributed by atoms with Gasteiger partial charge < -0.3 is 10.0 Å². The van der Waals surface area contributed by atoms with Gasteiger partial charge in [0.1, 0.15) is 5.84 Å². The van der Waals surface area contributed by atoms with Crippen LogP contribution >= 0.6 is 23.4 Å². The van der Waals surface area contributed by atoms with E-state index in [1.165, 1.54) is 0 Å². The summed E-state index contributed by atoms with van der Waals surface area (Å²) in [5, 5.41) is 9.89. The van der Waals surface area contributed by atoms with Gasteiger partial charge in [-0.1, -0.05) is 41.6 Å². The summed E-state index contributed by atoms with van der Waals surface area (Å²) in [7, 11) is 0. The molecule has 2 aromatic carbocycles. The van der Waals surface area contributed by atoms with Crippen LogP contribution < -0.4 is 0 Å². The zero-order valence-electron chi connectivity index (χ0n) is 13.9. The first-order chi connectivity index (χ1) is 12.3.